The lowest BCUT2D eigenvalue weighted by molar-refractivity contribution is 0.174. The highest BCUT2D eigenvalue weighted by atomic mass is 35.5. The normalized spacial score (nSPS) is 12.7. The molecule has 0 aromatic heterocycles. The Balaban J connectivity index is 1.53. The van der Waals surface area contributed by atoms with Crippen molar-refractivity contribution in [1.29, 1.82) is 0 Å². The Hall–Kier alpha value is -1.71. The molecule has 1 N–H and O–H groups in total. The van der Waals surface area contributed by atoms with Gasteiger partial charge in [-0.05, 0) is 43.1 Å². The van der Waals surface area contributed by atoms with Crippen molar-refractivity contribution in [3.8, 4) is 11.5 Å². The highest BCUT2D eigenvalue weighted by molar-refractivity contribution is 6.32. The summed E-state index contributed by atoms with van der Waals surface area (Å²) in [6, 6.07) is 12.5. The number of benzene rings is 2. The summed E-state index contributed by atoms with van der Waals surface area (Å²) in [5, 5.41) is 4.04. The van der Waals surface area contributed by atoms with Gasteiger partial charge in [-0.15, -0.1) is 0 Å². The standard InChI is InChI=1S/C17H18ClNO2/c1-12-3-2-4-13(7-12)5-6-19-10-14-8-15(18)17-16(9-14)20-11-21-17/h2-4,7-9,19H,5-6,10-11H2,1H3. The minimum Gasteiger partial charge on any atom is -0.454 e. The van der Waals surface area contributed by atoms with E-state index in [1.54, 1.807) is 0 Å². The average molecular weight is 304 g/mol. The summed E-state index contributed by atoms with van der Waals surface area (Å²) in [5.41, 5.74) is 3.76. The monoisotopic (exact) mass is 303 g/mol. The van der Waals surface area contributed by atoms with E-state index in [9.17, 15) is 0 Å². The van der Waals surface area contributed by atoms with Crippen molar-refractivity contribution in [2.24, 2.45) is 0 Å². The summed E-state index contributed by atoms with van der Waals surface area (Å²) in [6.45, 7) is 4.06. The molecule has 110 valence electrons. The third kappa shape index (κ3) is 3.49. The largest absolute Gasteiger partial charge is 0.454 e. The zero-order valence-electron chi connectivity index (χ0n) is 12.0. The van der Waals surface area contributed by atoms with Crippen LogP contribution in [0.1, 0.15) is 16.7 Å². The number of fused-ring (bicyclic) bond motifs is 1. The van der Waals surface area contributed by atoms with Crippen LogP contribution in [-0.2, 0) is 13.0 Å². The lowest BCUT2D eigenvalue weighted by Crippen LogP contribution is -2.16. The molecule has 0 unspecified atom stereocenters. The number of rotatable bonds is 5. The molecule has 1 aliphatic heterocycles. The molecule has 0 amide bonds. The maximum atomic E-state index is 6.17. The van der Waals surface area contributed by atoms with E-state index in [1.165, 1.54) is 11.1 Å². The van der Waals surface area contributed by atoms with Crippen LogP contribution in [0.3, 0.4) is 0 Å². The first-order valence-corrected chi connectivity index (χ1v) is 7.44. The molecular weight excluding hydrogens is 286 g/mol. The van der Waals surface area contributed by atoms with Crippen LogP contribution in [-0.4, -0.2) is 13.3 Å². The van der Waals surface area contributed by atoms with E-state index in [0.717, 1.165) is 30.8 Å². The van der Waals surface area contributed by atoms with Gasteiger partial charge < -0.3 is 14.8 Å². The third-order valence-corrected chi connectivity index (χ3v) is 3.77. The van der Waals surface area contributed by atoms with E-state index in [0.29, 0.717) is 10.8 Å². The molecule has 0 aliphatic carbocycles. The van der Waals surface area contributed by atoms with Crippen molar-refractivity contribution in [3.05, 3.63) is 58.1 Å². The van der Waals surface area contributed by atoms with Gasteiger partial charge in [0.2, 0.25) is 6.79 Å². The van der Waals surface area contributed by atoms with Crippen molar-refractivity contribution in [2.75, 3.05) is 13.3 Å². The van der Waals surface area contributed by atoms with Crippen LogP contribution in [0.4, 0.5) is 0 Å². The van der Waals surface area contributed by atoms with Gasteiger partial charge in [-0.3, -0.25) is 0 Å². The van der Waals surface area contributed by atoms with Crippen LogP contribution in [0.15, 0.2) is 36.4 Å². The van der Waals surface area contributed by atoms with Gasteiger partial charge in [-0.25, -0.2) is 0 Å². The van der Waals surface area contributed by atoms with Crippen LogP contribution in [0.25, 0.3) is 0 Å². The smallest absolute Gasteiger partial charge is 0.231 e. The van der Waals surface area contributed by atoms with E-state index in [4.69, 9.17) is 21.1 Å². The summed E-state index contributed by atoms with van der Waals surface area (Å²) in [4.78, 5) is 0. The van der Waals surface area contributed by atoms with Crippen molar-refractivity contribution < 1.29 is 9.47 Å². The maximum absolute atomic E-state index is 6.17. The fourth-order valence-corrected chi connectivity index (χ4v) is 2.74. The molecule has 1 aliphatic rings. The third-order valence-electron chi connectivity index (χ3n) is 3.49. The van der Waals surface area contributed by atoms with Crippen molar-refractivity contribution in [1.82, 2.24) is 5.32 Å². The zero-order chi connectivity index (χ0) is 14.7. The van der Waals surface area contributed by atoms with E-state index >= 15 is 0 Å². The van der Waals surface area contributed by atoms with Gasteiger partial charge in [0, 0.05) is 6.54 Å². The fourth-order valence-electron chi connectivity index (χ4n) is 2.46. The second-order valence-electron chi connectivity index (χ2n) is 5.23. The molecule has 0 saturated heterocycles. The summed E-state index contributed by atoms with van der Waals surface area (Å²) in [7, 11) is 0. The van der Waals surface area contributed by atoms with E-state index in [1.807, 2.05) is 12.1 Å². The lowest BCUT2D eigenvalue weighted by atomic mass is 10.1. The lowest BCUT2D eigenvalue weighted by Gasteiger charge is -2.08. The summed E-state index contributed by atoms with van der Waals surface area (Å²) < 4.78 is 10.7. The minimum atomic E-state index is 0.249. The van der Waals surface area contributed by atoms with Crippen LogP contribution in [0.5, 0.6) is 11.5 Å². The number of halogens is 1. The second kappa shape index (κ2) is 6.37. The molecule has 21 heavy (non-hydrogen) atoms. The van der Waals surface area contributed by atoms with E-state index < -0.39 is 0 Å². The minimum absolute atomic E-state index is 0.249. The van der Waals surface area contributed by atoms with Gasteiger partial charge in [0.25, 0.3) is 0 Å². The molecule has 3 nitrogen and oxygen atoms in total. The van der Waals surface area contributed by atoms with Gasteiger partial charge in [-0.1, -0.05) is 41.4 Å². The van der Waals surface area contributed by atoms with Crippen LogP contribution < -0.4 is 14.8 Å². The van der Waals surface area contributed by atoms with Crippen molar-refractivity contribution in [3.63, 3.8) is 0 Å². The molecule has 2 aromatic rings. The Morgan fingerprint density at radius 2 is 2.05 bits per heavy atom. The van der Waals surface area contributed by atoms with Gasteiger partial charge >= 0.3 is 0 Å². The number of ether oxygens (including phenoxy) is 2. The predicted molar refractivity (Wildman–Crippen MR) is 84.2 cm³/mol. The Morgan fingerprint density at radius 3 is 2.90 bits per heavy atom. The molecule has 0 bridgehead atoms. The Bertz CT molecular complexity index is 643. The van der Waals surface area contributed by atoms with Crippen LogP contribution >= 0.6 is 11.6 Å². The summed E-state index contributed by atoms with van der Waals surface area (Å²) >= 11 is 6.17. The van der Waals surface area contributed by atoms with E-state index in [-0.39, 0.29) is 6.79 Å². The highest BCUT2D eigenvalue weighted by Crippen LogP contribution is 2.39. The number of aryl methyl sites for hydroxylation is 1. The highest BCUT2D eigenvalue weighted by Gasteiger charge is 2.17. The van der Waals surface area contributed by atoms with Crippen LogP contribution in [0.2, 0.25) is 5.02 Å². The first kappa shape index (κ1) is 14.2. The first-order valence-electron chi connectivity index (χ1n) is 7.06. The van der Waals surface area contributed by atoms with Gasteiger partial charge in [0.05, 0.1) is 5.02 Å². The van der Waals surface area contributed by atoms with Crippen LogP contribution in [0, 0.1) is 6.92 Å². The molecular formula is C17H18ClNO2. The first-order chi connectivity index (χ1) is 10.2. The molecule has 0 spiro atoms. The molecule has 0 fully saturated rings. The SMILES string of the molecule is Cc1cccc(CCNCc2cc(Cl)c3c(c2)OCO3)c1. The Kier molecular flexibility index (Phi) is 4.32. The second-order valence-corrected chi connectivity index (χ2v) is 5.63. The van der Waals surface area contributed by atoms with Crippen molar-refractivity contribution in [2.45, 2.75) is 19.9 Å². The number of hydrogen-bond acceptors (Lipinski definition) is 3. The average Bonchev–Trinajstić information content (AvgIpc) is 2.93. The molecule has 0 radical (unpaired) electrons. The molecule has 4 heteroatoms. The molecule has 0 atom stereocenters. The van der Waals surface area contributed by atoms with Gasteiger partial charge in [0.15, 0.2) is 11.5 Å². The van der Waals surface area contributed by atoms with E-state index in [2.05, 4.69) is 36.5 Å². The van der Waals surface area contributed by atoms with Gasteiger partial charge in [-0.2, -0.15) is 0 Å². The molecule has 3 rings (SSSR count). The Morgan fingerprint density at radius 1 is 1.14 bits per heavy atom. The summed E-state index contributed by atoms with van der Waals surface area (Å²) in [6.07, 6.45) is 1.01. The fraction of sp³-hybridized carbons (Fsp3) is 0.294. The quantitative estimate of drug-likeness (QED) is 0.854. The molecule has 1 heterocycles. The number of nitrogens with one attached hydrogen (secondary N) is 1. The van der Waals surface area contributed by atoms with Crippen molar-refractivity contribution >= 4 is 11.6 Å². The van der Waals surface area contributed by atoms with Gasteiger partial charge in [0.1, 0.15) is 0 Å². The summed E-state index contributed by atoms with van der Waals surface area (Å²) in [5.74, 6) is 1.39. The Labute approximate surface area is 129 Å². The predicted octanol–water partition coefficient (Wildman–Crippen LogP) is 3.71. The maximum Gasteiger partial charge on any atom is 0.231 e. The topological polar surface area (TPSA) is 30.5 Å². The number of hydrogen-bond donors (Lipinski definition) is 1. The zero-order valence-corrected chi connectivity index (χ0v) is 12.7. The molecule has 0 saturated carbocycles. The molecule has 2 aromatic carbocycles.